The van der Waals surface area contributed by atoms with E-state index in [1.165, 1.54) is 0 Å². The summed E-state index contributed by atoms with van der Waals surface area (Å²) in [6.45, 7) is 0. The van der Waals surface area contributed by atoms with Crippen LogP contribution >= 0.6 is 0 Å². The van der Waals surface area contributed by atoms with Crippen LogP contribution in [0.25, 0.3) is 0 Å². The first-order chi connectivity index (χ1) is 0. The van der Waals surface area contributed by atoms with Gasteiger partial charge in [-0.2, -0.15) is 0 Å². The Kier molecular flexibility index (Phi) is 137. The van der Waals surface area contributed by atoms with Crippen molar-refractivity contribution in [3.8, 4) is 0 Å². The Morgan fingerprint density at radius 2 is 1.00 bits per heavy atom. The minimum absolute atomic E-state index is 0. The second-order valence-corrected chi connectivity index (χ2v) is 0. The summed E-state index contributed by atoms with van der Waals surface area (Å²) in [6, 6.07) is 0. The molecule has 0 nitrogen and oxygen atoms in total. The fraction of sp³-hybridized carbons (Fsp3) is 0. The number of hydrogen-bond acceptors (Lipinski definition) is 0. The van der Waals surface area contributed by atoms with E-state index in [0.29, 0.717) is 0 Å². The van der Waals surface area contributed by atoms with Gasteiger partial charge in [-0.25, -0.2) is 0 Å². The van der Waals surface area contributed by atoms with Gasteiger partial charge in [-0.1, -0.05) is 0 Å². The SMILES string of the molecule is [Ar].[He].[Kr].[Ne]. The van der Waals surface area contributed by atoms with Gasteiger partial charge in [0.1, 0.15) is 0 Å². The predicted molar refractivity (Wildman–Crippen MR) is 0 cm³/mol. The summed E-state index contributed by atoms with van der Waals surface area (Å²) in [6.07, 6.45) is 0. The van der Waals surface area contributed by atoms with E-state index in [1.807, 2.05) is 0 Å². The van der Waals surface area contributed by atoms with Crippen molar-refractivity contribution in [1.82, 2.24) is 0 Å². The topological polar surface area (TPSA) is 0 Å². The smallest absolute Gasteiger partial charge is 0 e. The molecule has 0 heterocycles. The van der Waals surface area contributed by atoms with Gasteiger partial charge in [0.15, 0.2) is 0 Å². The van der Waals surface area contributed by atoms with Crippen molar-refractivity contribution >= 4 is 0 Å². The summed E-state index contributed by atoms with van der Waals surface area (Å²) in [5.41, 5.74) is 0. The van der Waals surface area contributed by atoms with Crippen LogP contribution in [0.5, 0.6) is 0 Å². The molecular formula is ArHeKrNe. The Morgan fingerprint density at radius 3 is 1.00 bits per heavy atom. The average Bonchev–Trinajstić information content (AvgIpc) is 0. The van der Waals surface area contributed by atoms with Crippen molar-refractivity contribution in [2.24, 2.45) is 0 Å². The van der Waals surface area contributed by atoms with Crippen molar-refractivity contribution in [2.75, 3.05) is 0 Å². The third kappa shape index (κ3) is 8.82. The molecular weight excluding hydrogens is 148 g/mol. The Labute approximate surface area is 93.1 Å². The summed E-state index contributed by atoms with van der Waals surface area (Å²) in [7, 11) is 0. The van der Waals surface area contributed by atoms with Crippen molar-refractivity contribution in [1.29, 1.82) is 0 Å². The quantitative estimate of drug-likeness (QED) is 0.453. The fourth-order valence-electron chi connectivity index (χ4n) is 0. The molecule has 0 saturated carbocycles. The molecule has 0 unspecified atom stereocenters. The van der Waals surface area contributed by atoms with Gasteiger partial charge in [0, 0.05) is 95.5 Å². The van der Waals surface area contributed by atoms with E-state index in [0.717, 1.165) is 0 Å². The van der Waals surface area contributed by atoms with Crippen LogP contribution in [-0.2, 0) is 0 Å². The van der Waals surface area contributed by atoms with Gasteiger partial charge in [0.05, 0.1) is 0 Å². The Morgan fingerprint density at radius 1 is 1.00 bits per heavy atom. The molecule has 0 aromatic rings. The van der Waals surface area contributed by atoms with Gasteiger partial charge in [0.25, 0.3) is 0 Å². The van der Waals surface area contributed by atoms with Crippen molar-refractivity contribution in [3.05, 3.63) is 0 Å². The zero-order valence-electron chi connectivity index (χ0n) is 1.77. The van der Waals surface area contributed by atoms with Gasteiger partial charge in [-0.15, -0.1) is 0 Å². The third-order valence-electron chi connectivity index (χ3n) is 0. The zero-order chi connectivity index (χ0) is 0. The standard InChI is InChI=1S/Ar.He.Kr.Ne. The van der Waals surface area contributed by atoms with E-state index in [2.05, 4.69) is 0 Å². The molecule has 0 N–H and O–H groups in total. The largest absolute Gasteiger partial charge is 0 e. The summed E-state index contributed by atoms with van der Waals surface area (Å²) in [5, 5.41) is 0. The van der Waals surface area contributed by atoms with E-state index in [1.54, 1.807) is 0 Å². The van der Waals surface area contributed by atoms with Crippen molar-refractivity contribution in [3.63, 3.8) is 0 Å². The molecule has 0 spiro atoms. The summed E-state index contributed by atoms with van der Waals surface area (Å²) < 4.78 is 0. The van der Waals surface area contributed by atoms with Crippen molar-refractivity contribution < 1.29 is 95.5 Å². The third-order valence-corrected chi connectivity index (χ3v) is 0. The summed E-state index contributed by atoms with van der Waals surface area (Å²) in [5.74, 6) is 0. The van der Waals surface area contributed by atoms with Crippen LogP contribution in [0.4, 0.5) is 0 Å². The van der Waals surface area contributed by atoms with Crippen LogP contribution < -0.4 is 0 Å². The number of hydrogen-bond donors (Lipinski definition) is 0. The van der Waals surface area contributed by atoms with Gasteiger partial charge < -0.3 is 0 Å². The fourth-order valence-corrected chi connectivity index (χ4v) is 0. The molecule has 0 saturated heterocycles. The monoisotopic (exact) mass is 148 g/mol. The Hall–Kier alpha value is 2.56. The van der Waals surface area contributed by atoms with Crippen LogP contribution in [0, 0.1) is 95.5 Å². The molecule has 0 bridgehead atoms. The molecule has 0 radical (unpaired) electrons. The van der Waals surface area contributed by atoms with Gasteiger partial charge >= 0.3 is 0 Å². The van der Waals surface area contributed by atoms with Crippen LogP contribution in [-0.4, -0.2) is 0 Å². The molecule has 0 aliphatic heterocycles. The summed E-state index contributed by atoms with van der Waals surface area (Å²) >= 11 is 0. The van der Waals surface area contributed by atoms with E-state index >= 15 is 0 Å². The van der Waals surface area contributed by atoms with Crippen molar-refractivity contribution in [2.45, 2.75) is 0 Å². The van der Waals surface area contributed by atoms with Gasteiger partial charge in [-0.05, 0) is 0 Å². The molecule has 26 valence electrons. The molecule has 4 heteroatoms. The Bertz CT molecular complexity index is 8.00. The molecule has 0 aliphatic rings. The first kappa shape index (κ1) is 31.0. The average molecular weight is 148 g/mol. The van der Waals surface area contributed by atoms with E-state index in [4.69, 9.17) is 0 Å². The molecule has 0 aromatic carbocycles. The molecule has 0 aliphatic carbocycles. The second-order valence-electron chi connectivity index (χ2n) is 0. The maximum absolute atomic E-state index is 0. The molecule has 0 atom stereocenters. The van der Waals surface area contributed by atoms with E-state index < -0.39 is 0 Å². The Balaban J connectivity index is 0. The van der Waals surface area contributed by atoms with Gasteiger partial charge in [0.2, 0.25) is 0 Å². The summed E-state index contributed by atoms with van der Waals surface area (Å²) in [4.78, 5) is 0. The normalized spacial score (nSPS) is 0. The number of rotatable bonds is 0. The molecule has 0 rings (SSSR count). The predicted octanol–water partition coefficient (Wildman–Crippen LogP) is 0. The maximum atomic E-state index is 0. The molecule has 0 aromatic heterocycles. The maximum Gasteiger partial charge on any atom is 0 e. The minimum Gasteiger partial charge on any atom is 0 e. The second kappa shape index (κ2) is 17.6. The first-order valence-corrected chi connectivity index (χ1v) is 0. The molecule has 4 heavy (non-hydrogen) atoms. The molecule has 0 fully saturated rings. The zero-order valence-corrected chi connectivity index (χ0v) is 3.96. The van der Waals surface area contributed by atoms with Gasteiger partial charge in [-0.3, -0.25) is 0 Å². The van der Waals surface area contributed by atoms with E-state index in [-0.39, 0.29) is 95.5 Å². The van der Waals surface area contributed by atoms with E-state index in [9.17, 15) is 0 Å². The molecule has 0 amide bonds. The van der Waals surface area contributed by atoms with Crippen LogP contribution in [0.2, 0.25) is 0 Å². The minimum atomic E-state index is 0. The van der Waals surface area contributed by atoms with Crippen LogP contribution in [0.15, 0.2) is 0 Å². The van der Waals surface area contributed by atoms with Crippen LogP contribution in [0.1, 0.15) is 0 Å². The first-order valence-electron chi connectivity index (χ1n) is 0. The van der Waals surface area contributed by atoms with Crippen LogP contribution in [0.3, 0.4) is 0 Å².